The molecule has 0 fully saturated rings. The van der Waals surface area contributed by atoms with E-state index in [0.29, 0.717) is 0 Å². The van der Waals surface area contributed by atoms with Crippen LogP contribution in [0.1, 0.15) is 54.4 Å². The van der Waals surface area contributed by atoms with Crippen molar-refractivity contribution in [1.82, 2.24) is 0 Å². The first-order chi connectivity index (χ1) is 6.22. The Hall–Kier alpha value is 0.270. The van der Waals surface area contributed by atoms with E-state index in [9.17, 15) is 5.11 Å². The number of hydrogen-bond donors (Lipinski definition) is 1. The molecule has 0 amide bonds. The highest BCUT2D eigenvalue weighted by Crippen LogP contribution is 2.33. The van der Waals surface area contributed by atoms with Gasteiger partial charge in [-0.1, -0.05) is 39.5 Å². The third kappa shape index (κ3) is 5.89. The van der Waals surface area contributed by atoms with Crippen LogP contribution in [0.4, 0.5) is 0 Å². The summed E-state index contributed by atoms with van der Waals surface area (Å²) in [6.45, 7) is 12.4. The van der Waals surface area contributed by atoms with Crippen molar-refractivity contribution in [1.29, 1.82) is 0 Å². The van der Waals surface area contributed by atoms with Crippen LogP contribution in [0.2, 0.25) is 0 Å². The normalized spacial score (nSPS) is 15.6. The molecular weight excluding hydrogens is 196 g/mol. The van der Waals surface area contributed by atoms with Crippen LogP contribution in [-0.4, -0.2) is 21.1 Å². The van der Waals surface area contributed by atoms with Crippen molar-refractivity contribution >= 4 is 11.8 Å². The molecule has 0 aliphatic heterocycles. The van der Waals surface area contributed by atoms with E-state index in [2.05, 4.69) is 27.7 Å². The summed E-state index contributed by atoms with van der Waals surface area (Å²) >= 11 is 1.48. The average Bonchev–Trinajstić information content (AvgIpc) is 2.02. The Labute approximate surface area is 92.4 Å². The maximum atomic E-state index is 9.72. The molecule has 2 nitrogen and oxygen atoms in total. The van der Waals surface area contributed by atoms with E-state index in [1.165, 1.54) is 11.8 Å². The molecule has 3 heteroatoms. The molecule has 1 atom stereocenters. The summed E-state index contributed by atoms with van der Waals surface area (Å²) in [5.74, 6) is 0. The van der Waals surface area contributed by atoms with Gasteiger partial charge in [-0.2, -0.15) is 0 Å². The van der Waals surface area contributed by atoms with Crippen LogP contribution in [0, 0.1) is 0 Å². The third-order valence-corrected chi connectivity index (χ3v) is 3.77. The largest absolute Gasteiger partial charge is 0.360 e. The van der Waals surface area contributed by atoms with Crippen molar-refractivity contribution in [3.8, 4) is 0 Å². The van der Waals surface area contributed by atoms with Gasteiger partial charge in [0.15, 0.2) is 0 Å². The van der Waals surface area contributed by atoms with E-state index >= 15 is 0 Å². The van der Waals surface area contributed by atoms with Gasteiger partial charge in [-0.15, -0.1) is 0 Å². The lowest BCUT2D eigenvalue weighted by Crippen LogP contribution is -2.31. The zero-order valence-corrected chi connectivity index (χ0v) is 11.1. The lowest BCUT2D eigenvalue weighted by atomic mass is 10.1. The van der Waals surface area contributed by atoms with Gasteiger partial charge in [0.05, 0.1) is 5.60 Å². The molecule has 0 aromatic carbocycles. The highest BCUT2D eigenvalue weighted by molar-refractivity contribution is 8.00. The zero-order valence-electron chi connectivity index (χ0n) is 10.3. The summed E-state index contributed by atoms with van der Waals surface area (Å²) in [5, 5.41) is 9.72. The van der Waals surface area contributed by atoms with Crippen LogP contribution in [-0.2, 0) is 4.74 Å². The molecule has 0 aliphatic carbocycles. The summed E-state index contributed by atoms with van der Waals surface area (Å²) in [7, 11) is 0. The van der Waals surface area contributed by atoms with Gasteiger partial charge in [-0.25, -0.2) is 0 Å². The zero-order chi connectivity index (χ0) is 11.4. The number of rotatable bonds is 6. The molecule has 1 unspecified atom stereocenters. The van der Waals surface area contributed by atoms with Gasteiger partial charge in [0.1, 0.15) is 0 Å². The van der Waals surface area contributed by atoms with Crippen molar-refractivity contribution in [2.24, 2.45) is 0 Å². The number of aliphatic hydroxyl groups is 1. The lowest BCUT2D eigenvalue weighted by molar-refractivity contribution is -0.123. The molecule has 0 spiro atoms. The van der Waals surface area contributed by atoms with Crippen LogP contribution in [0.25, 0.3) is 0 Å². The Morgan fingerprint density at radius 2 is 1.64 bits per heavy atom. The molecule has 0 aromatic rings. The first-order valence-electron chi connectivity index (χ1n) is 5.26. The van der Waals surface area contributed by atoms with E-state index in [-0.39, 0.29) is 10.3 Å². The number of thioether (sulfide) groups is 1. The Kier molecular flexibility index (Phi) is 5.48. The van der Waals surface area contributed by atoms with Gasteiger partial charge < -0.3 is 9.84 Å². The predicted octanol–water partition coefficient (Wildman–Crippen LogP) is 3.39. The van der Waals surface area contributed by atoms with Gasteiger partial charge in [0.25, 0.3) is 0 Å². The lowest BCUT2D eigenvalue weighted by Gasteiger charge is -2.31. The van der Waals surface area contributed by atoms with Gasteiger partial charge in [-0.3, -0.25) is 0 Å². The second kappa shape index (κ2) is 5.38. The quantitative estimate of drug-likeness (QED) is 0.696. The third-order valence-electron chi connectivity index (χ3n) is 2.54. The topological polar surface area (TPSA) is 29.5 Å². The van der Waals surface area contributed by atoms with Crippen LogP contribution in [0.5, 0.6) is 0 Å². The van der Waals surface area contributed by atoms with Gasteiger partial charge in [0.2, 0.25) is 5.62 Å². The molecule has 0 bridgehead atoms. The van der Waals surface area contributed by atoms with Gasteiger partial charge in [-0.05, 0) is 26.7 Å². The van der Waals surface area contributed by atoms with E-state index in [1.54, 1.807) is 0 Å². The Morgan fingerprint density at radius 3 is 2.00 bits per heavy atom. The second-order valence-electron chi connectivity index (χ2n) is 4.77. The van der Waals surface area contributed by atoms with E-state index in [4.69, 9.17) is 4.74 Å². The standard InChI is InChI=1S/C11H24O2S/c1-7-10(3,4)13-9(12)14-11(5,6)8-2/h9,12H,7-8H2,1-6H3. The molecule has 1 N–H and O–H groups in total. The fourth-order valence-electron chi connectivity index (χ4n) is 0.737. The monoisotopic (exact) mass is 220 g/mol. The molecule has 0 heterocycles. The molecular formula is C11H24O2S. The molecule has 14 heavy (non-hydrogen) atoms. The Morgan fingerprint density at radius 1 is 1.14 bits per heavy atom. The van der Waals surface area contributed by atoms with E-state index in [1.807, 2.05) is 13.8 Å². The first kappa shape index (κ1) is 14.3. The average molecular weight is 220 g/mol. The van der Waals surface area contributed by atoms with Crippen molar-refractivity contribution in [2.75, 3.05) is 0 Å². The van der Waals surface area contributed by atoms with Crippen LogP contribution in [0.3, 0.4) is 0 Å². The summed E-state index contributed by atoms with van der Waals surface area (Å²) in [6.07, 6.45) is 1.92. The van der Waals surface area contributed by atoms with Crippen molar-refractivity contribution in [2.45, 2.75) is 70.4 Å². The van der Waals surface area contributed by atoms with Crippen molar-refractivity contribution in [3.63, 3.8) is 0 Å². The molecule has 86 valence electrons. The van der Waals surface area contributed by atoms with Gasteiger partial charge in [0, 0.05) is 4.75 Å². The molecule has 0 rings (SSSR count). The Balaban J connectivity index is 4.04. The molecule has 0 aliphatic rings. The van der Waals surface area contributed by atoms with Gasteiger partial charge >= 0.3 is 0 Å². The minimum Gasteiger partial charge on any atom is -0.360 e. The highest BCUT2D eigenvalue weighted by atomic mass is 32.2. The number of hydrogen-bond acceptors (Lipinski definition) is 3. The highest BCUT2D eigenvalue weighted by Gasteiger charge is 2.26. The fourth-order valence-corrected chi connectivity index (χ4v) is 1.76. The fraction of sp³-hybridized carbons (Fsp3) is 1.00. The minimum absolute atomic E-state index is 0.0727. The number of aliphatic hydroxyl groups excluding tert-OH is 1. The number of ether oxygens (including phenoxy) is 1. The van der Waals surface area contributed by atoms with Crippen LogP contribution < -0.4 is 0 Å². The smallest absolute Gasteiger partial charge is 0.205 e. The van der Waals surface area contributed by atoms with Crippen LogP contribution in [0.15, 0.2) is 0 Å². The molecule has 0 saturated heterocycles. The van der Waals surface area contributed by atoms with Crippen molar-refractivity contribution < 1.29 is 9.84 Å². The molecule has 0 aromatic heterocycles. The maximum Gasteiger partial charge on any atom is 0.205 e. The summed E-state index contributed by atoms with van der Waals surface area (Å²) in [5.41, 5.74) is -0.962. The Bertz CT molecular complexity index is 149. The van der Waals surface area contributed by atoms with Crippen molar-refractivity contribution in [3.05, 3.63) is 0 Å². The molecule has 0 radical (unpaired) electrons. The van der Waals surface area contributed by atoms with E-state index in [0.717, 1.165) is 12.8 Å². The van der Waals surface area contributed by atoms with E-state index < -0.39 is 5.62 Å². The minimum atomic E-state index is -0.722. The first-order valence-corrected chi connectivity index (χ1v) is 6.14. The summed E-state index contributed by atoms with van der Waals surface area (Å²) in [4.78, 5) is 0. The predicted molar refractivity (Wildman–Crippen MR) is 63.4 cm³/mol. The van der Waals surface area contributed by atoms with Crippen LogP contribution >= 0.6 is 11.8 Å². The summed E-state index contributed by atoms with van der Waals surface area (Å²) in [6, 6.07) is 0. The summed E-state index contributed by atoms with van der Waals surface area (Å²) < 4.78 is 5.62. The maximum absolute atomic E-state index is 9.72. The second-order valence-corrected chi connectivity index (χ2v) is 6.51. The molecule has 0 saturated carbocycles. The SMILES string of the molecule is CCC(C)(C)OC(O)SC(C)(C)CC.